The Kier molecular flexibility index (Phi) is 6.41. The van der Waals surface area contributed by atoms with Gasteiger partial charge in [-0.1, -0.05) is 44.2 Å². The van der Waals surface area contributed by atoms with E-state index < -0.39 is 0 Å². The van der Waals surface area contributed by atoms with Crippen LogP contribution in [0.1, 0.15) is 65.8 Å². The fourth-order valence-electron chi connectivity index (χ4n) is 3.33. The summed E-state index contributed by atoms with van der Waals surface area (Å²) in [6.07, 6.45) is 9.53. The van der Waals surface area contributed by atoms with Crippen LogP contribution in [0.5, 0.6) is 0 Å². The zero-order chi connectivity index (χ0) is 19.1. The monoisotopic (exact) mass is 366 g/mol. The lowest BCUT2D eigenvalue weighted by atomic mass is 9.96. The van der Waals surface area contributed by atoms with Crippen molar-refractivity contribution in [2.45, 2.75) is 51.0 Å². The maximum Gasteiger partial charge on any atom is 0.270 e. The molecule has 0 spiro atoms. The fourth-order valence-corrected chi connectivity index (χ4v) is 3.33. The molecule has 0 atom stereocenters. The van der Waals surface area contributed by atoms with Crippen molar-refractivity contribution in [1.29, 1.82) is 0 Å². The number of nitrogens with two attached hydrogens (primary N) is 1. The number of anilines is 2. The first-order chi connectivity index (χ1) is 13.1. The first-order valence-electron chi connectivity index (χ1n) is 9.56. The molecule has 1 aliphatic carbocycles. The van der Waals surface area contributed by atoms with E-state index in [0.717, 1.165) is 25.7 Å². The van der Waals surface area contributed by atoms with E-state index in [1.807, 2.05) is 0 Å². The molecule has 1 heterocycles. The average molecular weight is 366 g/mol. The number of nitrogen functional groups attached to an aromatic ring is 1. The van der Waals surface area contributed by atoms with Gasteiger partial charge in [0.15, 0.2) is 0 Å². The van der Waals surface area contributed by atoms with Crippen molar-refractivity contribution in [3.05, 3.63) is 53.9 Å². The molecule has 1 aromatic heterocycles. The van der Waals surface area contributed by atoms with Gasteiger partial charge >= 0.3 is 0 Å². The van der Waals surface area contributed by atoms with Crippen LogP contribution in [0, 0.1) is 0 Å². The Morgan fingerprint density at radius 1 is 0.926 bits per heavy atom. The van der Waals surface area contributed by atoms with Crippen molar-refractivity contribution in [3.63, 3.8) is 0 Å². The maximum absolute atomic E-state index is 12.4. The summed E-state index contributed by atoms with van der Waals surface area (Å²) >= 11 is 0. The number of nitrogens with one attached hydrogen (secondary N) is 2. The van der Waals surface area contributed by atoms with Crippen LogP contribution >= 0.6 is 0 Å². The van der Waals surface area contributed by atoms with Crippen molar-refractivity contribution >= 4 is 23.2 Å². The number of hydrogen-bond donors (Lipinski definition) is 3. The van der Waals surface area contributed by atoms with E-state index in [1.165, 1.54) is 25.5 Å². The highest BCUT2D eigenvalue weighted by atomic mass is 16.2. The number of aromatic nitrogens is 1. The number of carbonyl (C=O) groups excluding carboxylic acids is 2. The van der Waals surface area contributed by atoms with Crippen LogP contribution < -0.4 is 16.4 Å². The lowest BCUT2D eigenvalue weighted by Crippen LogP contribution is -2.35. The maximum atomic E-state index is 12.4. The molecular formula is C21H26N4O2. The molecule has 2 aromatic rings. The van der Waals surface area contributed by atoms with Crippen molar-refractivity contribution in [2.75, 3.05) is 11.1 Å². The largest absolute Gasteiger partial charge is 0.397 e. The van der Waals surface area contributed by atoms with Crippen LogP contribution in [0.25, 0.3) is 0 Å². The van der Waals surface area contributed by atoms with Crippen LogP contribution in [0.3, 0.4) is 0 Å². The summed E-state index contributed by atoms with van der Waals surface area (Å²) in [7, 11) is 0. The first kappa shape index (κ1) is 18.9. The molecule has 0 saturated heterocycles. The summed E-state index contributed by atoms with van der Waals surface area (Å²) in [5, 5.41) is 5.83. The minimum atomic E-state index is -0.313. The summed E-state index contributed by atoms with van der Waals surface area (Å²) in [5.41, 5.74) is 7.58. The van der Waals surface area contributed by atoms with Gasteiger partial charge in [-0.25, -0.2) is 0 Å². The van der Waals surface area contributed by atoms with Crippen LogP contribution in [0.4, 0.5) is 11.4 Å². The molecule has 1 fully saturated rings. The van der Waals surface area contributed by atoms with Gasteiger partial charge < -0.3 is 16.4 Å². The van der Waals surface area contributed by atoms with E-state index in [4.69, 9.17) is 5.73 Å². The predicted molar refractivity (Wildman–Crippen MR) is 107 cm³/mol. The van der Waals surface area contributed by atoms with E-state index in [-0.39, 0.29) is 17.9 Å². The lowest BCUT2D eigenvalue weighted by Gasteiger charge is -2.20. The first-order valence-corrected chi connectivity index (χ1v) is 9.56. The fraction of sp³-hybridized carbons (Fsp3) is 0.381. The van der Waals surface area contributed by atoms with Crippen molar-refractivity contribution in [1.82, 2.24) is 10.3 Å². The molecular weight excluding hydrogens is 340 g/mol. The molecule has 0 aliphatic heterocycles. The highest BCUT2D eigenvalue weighted by Gasteiger charge is 2.16. The SMILES string of the molecule is Nc1ccccc1NC(=O)c1ccc(C(=O)NC2CCCCCCC2)nc1. The van der Waals surface area contributed by atoms with Gasteiger partial charge in [-0.2, -0.15) is 0 Å². The van der Waals surface area contributed by atoms with Gasteiger partial charge in [0.05, 0.1) is 16.9 Å². The Morgan fingerprint density at radius 2 is 1.63 bits per heavy atom. The van der Waals surface area contributed by atoms with Crippen LogP contribution in [0.15, 0.2) is 42.6 Å². The summed E-state index contributed by atoms with van der Waals surface area (Å²) in [5.74, 6) is -0.493. The number of rotatable bonds is 4. The Bertz CT molecular complexity index is 781. The molecule has 0 bridgehead atoms. The second kappa shape index (κ2) is 9.16. The number of hydrogen-bond acceptors (Lipinski definition) is 4. The van der Waals surface area contributed by atoms with E-state index in [2.05, 4.69) is 15.6 Å². The van der Waals surface area contributed by atoms with Crippen molar-refractivity contribution in [3.8, 4) is 0 Å². The third kappa shape index (κ3) is 5.29. The minimum Gasteiger partial charge on any atom is -0.397 e. The zero-order valence-corrected chi connectivity index (χ0v) is 15.4. The lowest BCUT2D eigenvalue weighted by molar-refractivity contribution is 0.0923. The van der Waals surface area contributed by atoms with E-state index in [0.29, 0.717) is 22.6 Å². The standard InChI is InChI=1S/C21H26N4O2/c22-17-10-6-7-11-18(17)25-20(26)15-12-13-19(23-14-15)21(27)24-16-8-4-2-1-3-5-9-16/h6-7,10-14,16H,1-5,8-9,22H2,(H,24,27)(H,25,26). The van der Waals surface area contributed by atoms with Gasteiger partial charge in [0.25, 0.3) is 11.8 Å². The van der Waals surface area contributed by atoms with E-state index >= 15 is 0 Å². The summed E-state index contributed by atoms with van der Waals surface area (Å²) in [6, 6.07) is 10.5. The Labute approximate surface area is 159 Å². The van der Waals surface area contributed by atoms with Gasteiger partial charge in [0.2, 0.25) is 0 Å². The summed E-state index contributed by atoms with van der Waals surface area (Å²) in [4.78, 5) is 28.9. The molecule has 27 heavy (non-hydrogen) atoms. The number of benzene rings is 1. The van der Waals surface area contributed by atoms with Crippen molar-refractivity contribution in [2.24, 2.45) is 0 Å². The molecule has 3 rings (SSSR count). The van der Waals surface area contributed by atoms with Gasteiger partial charge in [-0.3, -0.25) is 14.6 Å². The number of amides is 2. The molecule has 1 aliphatic rings. The van der Waals surface area contributed by atoms with Gasteiger partial charge in [0, 0.05) is 12.2 Å². The molecule has 4 N–H and O–H groups in total. The number of para-hydroxylation sites is 2. The van der Waals surface area contributed by atoms with Crippen LogP contribution in [-0.4, -0.2) is 22.8 Å². The molecule has 1 saturated carbocycles. The van der Waals surface area contributed by atoms with Gasteiger partial charge in [-0.05, 0) is 37.1 Å². The molecule has 1 aromatic carbocycles. The molecule has 2 amide bonds. The molecule has 0 unspecified atom stereocenters. The third-order valence-electron chi connectivity index (χ3n) is 4.91. The normalized spacial score (nSPS) is 15.4. The predicted octanol–water partition coefficient (Wildman–Crippen LogP) is 3.76. The second-order valence-corrected chi connectivity index (χ2v) is 6.99. The summed E-state index contributed by atoms with van der Waals surface area (Å²) < 4.78 is 0. The molecule has 0 radical (unpaired) electrons. The zero-order valence-electron chi connectivity index (χ0n) is 15.4. The van der Waals surface area contributed by atoms with Gasteiger partial charge in [-0.15, -0.1) is 0 Å². The third-order valence-corrected chi connectivity index (χ3v) is 4.91. The quantitative estimate of drug-likeness (QED) is 0.718. The Hall–Kier alpha value is -2.89. The highest BCUT2D eigenvalue weighted by Crippen LogP contribution is 2.19. The van der Waals surface area contributed by atoms with Crippen molar-refractivity contribution < 1.29 is 9.59 Å². The molecule has 6 nitrogen and oxygen atoms in total. The number of carbonyl (C=O) groups is 2. The second-order valence-electron chi connectivity index (χ2n) is 6.99. The smallest absolute Gasteiger partial charge is 0.270 e. The van der Waals surface area contributed by atoms with E-state index in [9.17, 15) is 9.59 Å². The molecule has 6 heteroatoms. The molecule has 142 valence electrons. The minimum absolute atomic E-state index is 0.181. The Balaban J connectivity index is 1.59. The average Bonchev–Trinajstić information content (AvgIpc) is 2.65. The topological polar surface area (TPSA) is 97.1 Å². The van der Waals surface area contributed by atoms with Gasteiger partial charge in [0.1, 0.15) is 5.69 Å². The van der Waals surface area contributed by atoms with Crippen LogP contribution in [-0.2, 0) is 0 Å². The van der Waals surface area contributed by atoms with Crippen LogP contribution in [0.2, 0.25) is 0 Å². The number of pyridine rings is 1. The highest BCUT2D eigenvalue weighted by molar-refractivity contribution is 6.05. The van der Waals surface area contributed by atoms with E-state index in [1.54, 1.807) is 36.4 Å². The number of nitrogens with zero attached hydrogens (tertiary/aromatic N) is 1. The Morgan fingerprint density at radius 3 is 2.30 bits per heavy atom. The summed E-state index contributed by atoms with van der Waals surface area (Å²) in [6.45, 7) is 0.